The van der Waals surface area contributed by atoms with E-state index in [0.717, 1.165) is 11.1 Å². The minimum Gasteiger partial charge on any atom is -1.00 e. The summed E-state index contributed by atoms with van der Waals surface area (Å²) in [6.45, 7) is 26.4. The van der Waals surface area contributed by atoms with Crippen molar-refractivity contribution in [3.8, 4) is 0 Å². The van der Waals surface area contributed by atoms with Crippen LogP contribution in [-0.2, 0) is 19.5 Å². The summed E-state index contributed by atoms with van der Waals surface area (Å²) in [6.07, 6.45) is 0. The Balaban J connectivity index is 0.000000275. The molecule has 69 heavy (non-hydrogen) atoms. The van der Waals surface area contributed by atoms with Gasteiger partial charge < -0.3 is 36.3 Å². The van der Waals surface area contributed by atoms with E-state index in [1.54, 1.807) is 0 Å². The van der Waals surface area contributed by atoms with Gasteiger partial charge >= 0.3 is 19.5 Å². The van der Waals surface area contributed by atoms with E-state index in [-0.39, 0.29) is 56.4 Å². The second kappa shape index (κ2) is 27.4. The summed E-state index contributed by atoms with van der Waals surface area (Å²) in [7, 11) is -1.09. The molecule has 2 atom stereocenters. The fraction of sp³-hybridized carbons (Fsp3) is 0.226. The van der Waals surface area contributed by atoms with Crippen molar-refractivity contribution in [3.63, 3.8) is 0 Å². The number of hydrogen-bond donors (Lipinski definition) is 2. The number of benzene rings is 8. The molecule has 0 spiro atoms. The SMILES string of the molecule is Cc1cc(C)cc(P(c2cc(C)cc(C)c2)c2cc(C)cc(C)c2)c1.Cc1cc(C)cc(P(c2cc(C)cc(C)c2)c2cc(C)cc(C)c2)c1.N[C@@H](c1ccccc1)[C@@H](N)c1ccccc1.[Cl-].[Cl-].[Ru+2]. The maximum Gasteiger partial charge on any atom is 2.00 e. The summed E-state index contributed by atoms with van der Waals surface area (Å²) >= 11 is 0. The van der Waals surface area contributed by atoms with Gasteiger partial charge in [0.2, 0.25) is 0 Å². The van der Waals surface area contributed by atoms with E-state index in [0.29, 0.717) is 0 Å². The molecule has 0 aromatic heterocycles. The largest absolute Gasteiger partial charge is 2.00 e. The maximum atomic E-state index is 6.15. The molecule has 4 N–H and O–H groups in total. The van der Waals surface area contributed by atoms with E-state index in [4.69, 9.17) is 11.5 Å². The molecule has 0 heterocycles. The topological polar surface area (TPSA) is 52.0 Å². The third-order valence-electron chi connectivity index (χ3n) is 11.5. The average Bonchev–Trinajstić information content (AvgIpc) is 3.22. The van der Waals surface area contributed by atoms with Gasteiger partial charge in [0, 0.05) is 12.1 Å². The zero-order valence-corrected chi connectivity index (χ0v) is 47.5. The third-order valence-corrected chi connectivity index (χ3v) is 16.2. The van der Waals surface area contributed by atoms with Crippen LogP contribution in [0.2, 0.25) is 0 Å². The van der Waals surface area contributed by atoms with Crippen LogP contribution in [0, 0.1) is 83.1 Å². The Bertz CT molecular complexity index is 2340. The zero-order chi connectivity index (χ0) is 47.7. The number of rotatable bonds is 9. The minimum atomic E-state index is -0.543. The van der Waals surface area contributed by atoms with Crippen LogP contribution in [0.3, 0.4) is 0 Å². The smallest absolute Gasteiger partial charge is 1.00 e. The molecule has 8 aromatic carbocycles. The van der Waals surface area contributed by atoms with Gasteiger partial charge in [-0.3, -0.25) is 0 Å². The normalized spacial score (nSPS) is 11.4. The van der Waals surface area contributed by atoms with Crippen molar-refractivity contribution in [2.75, 3.05) is 0 Å². The van der Waals surface area contributed by atoms with Gasteiger partial charge in [-0.1, -0.05) is 237 Å². The monoisotopic (exact) mass is 1080 g/mol. The molecule has 7 heteroatoms. The van der Waals surface area contributed by atoms with Gasteiger partial charge in [-0.05, 0) is 142 Å². The van der Waals surface area contributed by atoms with Crippen molar-refractivity contribution < 1.29 is 44.3 Å². The number of nitrogens with two attached hydrogens (primary N) is 2. The summed E-state index contributed by atoms with van der Waals surface area (Å²) < 4.78 is 0. The van der Waals surface area contributed by atoms with Crippen LogP contribution in [-0.4, -0.2) is 0 Å². The Hall–Kier alpha value is -4.26. The molecule has 0 saturated carbocycles. The van der Waals surface area contributed by atoms with E-state index in [1.165, 1.54) is 98.6 Å². The molecule has 2 nitrogen and oxygen atoms in total. The van der Waals surface area contributed by atoms with E-state index in [9.17, 15) is 0 Å². The number of aryl methyl sites for hydroxylation is 12. The van der Waals surface area contributed by atoms with Crippen LogP contribution in [0.15, 0.2) is 170 Å². The summed E-state index contributed by atoms with van der Waals surface area (Å²) in [5.74, 6) is 0. The molecule has 0 saturated heterocycles. The van der Waals surface area contributed by atoms with E-state index >= 15 is 0 Å². The van der Waals surface area contributed by atoms with Gasteiger partial charge in [0.25, 0.3) is 0 Å². The maximum absolute atomic E-state index is 6.15. The minimum absolute atomic E-state index is 0. The summed E-state index contributed by atoms with van der Waals surface area (Å²) in [6, 6.07) is 61.6. The van der Waals surface area contributed by atoms with Crippen LogP contribution >= 0.6 is 15.8 Å². The predicted octanol–water partition coefficient (Wildman–Crippen LogP) is 6.98. The van der Waals surface area contributed by atoms with Crippen molar-refractivity contribution in [1.82, 2.24) is 0 Å². The Labute approximate surface area is 443 Å². The Morgan fingerprint density at radius 1 is 0.261 bits per heavy atom. The molecule has 0 amide bonds. The van der Waals surface area contributed by atoms with Crippen molar-refractivity contribution >= 4 is 47.7 Å². The summed E-state index contributed by atoms with van der Waals surface area (Å²) in [4.78, 5) is 0. The van der Waals surface area contributed by atoms with Gasteiger partial charge in [-0.25, -0.2) is 0 Å². The Morgan fingerprint density at radius 2 is 0.406 bits per heavy atom. The van der Waals surface area contributed by atoms with Crippen LogP contribution in [0.4, 0.5) is 0 Å². The van der Waals surface area contributed by atoms with E-state index in [1.807, 2.05) is 60.7 Å². The molecule has 8 rings (SSSR count). The molecule has 360 valence electrons. The average molecular weight is 1080 g/mol. The molecule has 8 aromatic rings. The molecule has 0 aliphatic carbocycles. The van der Waals surface area contributed by atoms with Crippen LogP contribution in [0.1, 0.15) is 90.0 Å². The molecule has 0 aliphatic rings. The van der Waals surface area contributed by atoms with Crippen LogP contribution in [0.25, 0.3) is 0 Å². The standard InChI is InChI=1S/2C24H27P.C14H16N2.2ClH.Ru/c2*1-16-7-17(2)11-22(10-16)25(23-12-18(3)8-19(4)13-23)24-14-20(5)9-21(6)15-24;15-13(11-7-3-1-4-8-11)14(16)12-9-5-2-6-10-12;;;/h2*7-15H,1-6H3;1-10,13-14H,15-16H2;2*1H;/q;;;;;+2/p-2/t;;13-,14-;;;/m..0.../s1. The Kier molecular flexibility index (Phi) is 23.4. The van der Waals surface area contributed by atoms with Crippen LogP contribution < -0.4 is 68.1 Å². The second-order valence-electron chi connectivity index (χ2n) is 18.6. The van der Waals surface area contributed by atoms with Crippen molar-refractivity contribution in [1.29, 1.82) is 0 Å². The molecular formula is C62H70Cl2N2P2Ru. The fourth-order valence-corrected chi connectivity index (χ4v) is 14.9. The second-order valence-corrected chi connectivity index (χ2v) is 23.1. The fourth-order valence-electron chi connectivity index (χ4n) is 9.14. The van der Waals surface area contributed by atoms with Crippen molar-refractivity contribution in [2.45, 2.75) is 95.2 Å². The number of hydrogen-bond acceptors (Lipinski definition) is 2. The first kappa shape index (κ1) is 59.1. The van der Waals surface area contributed by atoms with Gasteiger partial charge in [0.15, 0.2) is 0 Å². The molecule has 0 radical (unpaired) electrons. The van der Waals surface area contributed by atoms with E-state index < -0.39 is 15.8 Å². The predicted molar refractivity (Wildman–Crippen MR) is 294 cm³/mol. The zero-order valence-electron chi connectivity index (χ0n) is 42.5. The van der Waals surface area contributed by atoms with Gasteiger partial charge in [-0.2, -0.15) is 0 Å². The molecule has 0 bridgehead atoms. The van der Waals surface area contributed by atoms with Crippen LogP contribution in [0.5, 0.6) is 0 Å². The Morgan fingerprint density at radius 3 is 0.551 bits per heavy atom. The van der Waals surface area contributed by atoms with Crippen molar-refractivity contribution in [2.24, 2.45) is 11.5 Å². The van der Waals surface area contributed by atoms with Gasteiger partial charge in [0.05, 0.1) is 0 Å². The van der Waals surface area contributed by atoms with E-state index in [2.05, 4.69) is 192 Å². The molecule has 0 fully saturated rings. The van der Waals surface area contributed by atoms with Crippen molar-refractivity contribution in [3.05, 3.63) is 248 Å². The molecule has 0 aliphatic heterocycles. The summed E-state index contributed by atoms with van der Waals surface area (Å²) in [5.41, 5.74) is 30.6. The molecular weight excluding hydrogens is 1010 g/mol. The van der Waals surface area contributed by atoms with Gasteiger partial charge in [0.1, 0.15) is 0 Å². The first-order valence-electron chi connectivity index (χ1n) is 23.1. The first-order chi connectivity index (χ1) is 31.4. The van der Waals surface area contributed by atoms with Gasteiger partial charge in [-0.15, -0.1) is 0 Å². The quantitative estimate of drug-likeness (QED) is 0.121. The third kappa shape index (κ3) is 16.9. The summed E-state index contributed by atoms with van der Waals surface area (Å²) in [5, 5.41) is 8.68. The number of halogens is 2. The first-order valence-corrected chi connectivity index (χ1v) is 25.8. The molecule has 0 unspecified atom stereocenters.